The SMILES string of the molecule is CC[C@H]1CCc2sc(-c3n[nH]c(=S)o3)cc2C1. The van der Waals surface area contributed by atoms with Gasteiger partial charge in [0, 0.05) is 4.88 Å². The lowest BCUT2D eigenvalue weighted by molar-refractivity contribution is 0.449. The molecule has 17 heavy (non-hydrogen) atoms. The number of aromatic amines is 1. The third kappa shape index (κ3) is 2.09. The van der Waals surface area contributed by atoms with E-state index in [2.05, 4.69) is 23.2 Å². The van der Waals surface area contributed by atoms with Gasteiger partial charge in [-0.1, -0.05) is 13.3 Å². The molecule has 1 aliphatic rings. The predicted octanol–water partition coefficient (Wildman–Crippen LogP) is 3.98. The van der Waals surface area contributed by atoms with Crippen LogP contribution in [-0.2, 0) is 12.8 Å². The van der Waals surface area contributed by atoms with Crippen LogP contribution in [0.2, 0.25) is 0 Å². The molecule has 5 heteroatoms. The highest BCUT2D eigenvalue weighted by molar-refractivity contribution is 7.71. The van der Waals surface area contributed by atoms with Gasteiger partial charge in [0.1, 0.15) is 0 Å². The summed E-state index contributed by atoms with van der Waals surface area (Å²) in [7, 11) is 0. The molecule has 0 fully saturated rings. The number of aromatic nitrogens is 2. The van der Waals surface area contributed by atoms with Gasteiger partial charge in [-0.3, -0.25) is 0 Å². The molecule has 0 unspecified atom stereocenters. The molecular weight excluding hydrogens is 252 g/mol. The number of fused-ring (bicyclic) bond motifs is 1. The fraction of sp³-hybridized carbons (Fsp3) is 0.500. The van der Waals surface area contributed by atoms with Crippen LogP contribution in [0, 0.1) is 10.8 Å². The number of aryl methyl sites for hydroxylation is 1. The van der Waals surface area contributed by atoms with Crippen LogP contribution >= 0.6 is 23.6 Å². The first-order valence-electron chi connectivity index (χ1n) is 5.93. The molecule has 1 N–H and O–H groups in total. The van der Waals surface area contributed by atoms with Gasteiger partial charge in [0.15, 0.2) is 0 Å². The first kappa shape index (κ1) is 11.2. The van der Waals surface area contributed by atoms with Crippen molar-refractivity contribution in [1.29, 1.82) is 0 Å². The van der Waals surface area contributed by atoms with Gasteiger partial charge in [-0.2, -0.15) is 0 Å². The predicted molar refractivity (Wildman–Crippen MR) is 70.8 cm³/mol. The van der Waals surface area contributed by atoms with Crippen LogP contribution in [0.1, 0.15) is 30.2 Å². The zero-order valence-electron chi connectivity index (χ0n) is 9.66. The van der Waals surface area contributed by atoms with Crippen molar-refractivity contribution in [3.8, 4) is 10.8 Å². The maximum absolute atomic E-state index is 5.36. The van der Waals surface area contributed by atoms with E-state index in [0.717, 1.165) is 10.8 Å². The van der Waals surface area contributed by atoms with E-state index in [4.69, 9.17) is 16.6 Å². The minimum absolute atomic E-state index is 0.345. The van der Waals surface area contributed by atoms with E-state index in [1.807, 2.05) is 0 Å². The molecule has 0 radical (unpaired) electrons. The zero-order valence-corrected chi connectivity index (χ0v) is 11.3. The van der Waals surface area contributed by atoms with Gasteiger partial charge < -0.3 is 4.42 Å². The molecular formula is C12H14N2OS2. The van der Waals surface area contributed by atoms with Crippen LogP contribution in [0.4, 0.5) is 0 Å². The van der Waals surface area contributed by atoms with Gasteiger partial charge in [-0.05, 0) is 49.0 Å². The molecule has 0 amide bonds. The topological polar surface area (TPSA) is 41.8 Å². The van der Waals surface area contributed by atoms with E-state index in [1.54, 1.807) is 11.3 Å². The highest BCUT2D eigenvalue weighted by atomic mass is 32.1. The summed E-state index contributed by atoms with van der Waals surface area (Å²) in [4.78, 5) is 2.94. The molecule has 2 aromatic rings. The van der Waals surface area contributed by atoms with Crippen LogP contribution in [0.5, 0.6) is 0 Å². The molecule has 2 aromatic heterocycles. The number of thiophene rings is 1. The number of H-pyrrole nitrogens is 1. The molecule has 1 aliphatic carbocycles. The molecule has 0 aliphatic heterocycles. The van der Waals surface area contributed by atoms with E-state index < -0.39 is 0 Å². The zero-order chi connectivity index (χ0) is 11.8. The molecule has 0 saturated carbocycles. The minimum atomic E-state index is 0.345. The third-order valence-corrected chi connectivity index (χ3v) is 4.81. The summed E-state index contributed by atoms with van der Waals surface area (Å²) in [5.41, 5.74) is 1.48. The Morgan fingerprint density at radius 3 is 3.24 bits per heavy atom. The fourth-order valence-corrected chi connectivity index (χ4v) is 3.65. The van der Waals surface area contributed by atoms with Crippen LogP contribution in [-0.4, -0.2) is 10.2 Å². The van der Waals surface area contributed by atoms with Crippen molar-refractivity contribution in [1.82, 2.24) is 10.2 Å². The van der Waals surface area contributed by atoms with Crippen LogP contribution < -0.4 is 0 Å². The van der Waals surface area contributed by atoms with E-state index in [-0.39, 0.29) is 0 Å². The number of nitrogens with one attached hydrogen (secondary N) is 1. The number of nitrogens with zero attached hydrogens (tertiary/aromatic N) is 1. The van der Waals surface area contributed by atoms with Crippen molar-refractivity contribution in [3.63, 3.8) is 0 Å². The molecule has 1 atom stereocenters. The molecule has 0 saturated heterocycles. The van der Waals surface area contributed by atoms with E-state index in [9.17, 15) is 0 Å². The molecule has 90 valence electrons. The third-order valence-electron chi connectivity index (χ3n) is 3.41. The Kier molecular flexibility index (Phi) is 2.88. The Hall–Kier alpha value is -0.940. The lowest BCUT2D eigenvalue weighted by atomic mass is 9.87. The lowest BCUT2D eigenvalue weighted by Crippen LogP contribution is -2.10. The molecule has 0 aromatic carbocycles. The summed E-state index contributed by atoms with van der Waals surface area (Å²) >= 11 is 6.69. The van der Waals surface area contributed by atoms with Crippen molar-refractivity contribution in [3.05, 3.63) is 21.3 Å². The van der Waals surface area contributed by atoms with Gasteiger partial charge >= 0.3 is 0 Å². The highest BCUT2D eigenvalue weighted by Gasteiger charge is 2.21. The number of rotatable bonds is 2. The van der Waals surface area contributed by atoms with Crippen LogP contribution in [0.3, 0.4) is 0 Å². The molecule has 0 bridgehead atoms. The molecule has 3 rings (SSSR count). The summed E-state index contributed by atoms with van der Waals surface area (Å²) < 4.78 is 5.36. The van der Waals surface area contributed by atoms with Gasteiger partial charge in [0.2, 0.25) is 0 Å². The summed E-state index contributed by atoms with van der Waals surface area (Å²) in [6.07, 6.45) is 4.98. The van der Waals surface area contributed by atoms with E-state index in [0.29, 0.717) is 10.7 Å². The molecule has 2 heterocycles. The molecule has 3 nitrogen and oxygen atoms in total. The second-order valence-corrected chi connectivity index (χ2v) is 6.00. The second kappa shape index (κ2) is 4.38. The Balaban J connectivity index is 1.95. The first-order valence-corrected chi connectivity index (χ1v) is 7.16. The summed E-state index contributed by atoms with van der Waals surface area (Å²) in [5.74, 6) is 1.47. The van der Waals surface area contributed by atoms with E-state index in [1.165, 1.54) is 36.1 Å². The Morgan fingerprint density at radius 1 is 1.65 bits per heavy atom. The van der Waals surface area contributed by atoms with Crippen molar-refractivity contribution >= 4 is 23.6 Å². The van der Waals surface area contributed by atoms with Crippen LogP contribution in [0.25, 0.3) is 10.8 Å². The highest BCUT2D eigenvalue weighted by Crippen LogP contribution is 2.37. The summed E-state index contributed by atoms with van der Waals surface area (Å²) in [6, 6.07) is 2.22. The van der Waals surface area contributed by atoms with Gasteiger partial charge in [0.25, 0.3) is 10.7 Å². The van der Waals surface area contributed by atoms with Crippen molar-refractivity contribution in [2.45, 2.75) is 32.6 Å². The van der Waals surface area contributed by atoms with E-state index >= 15 is 0 Å². The van der Waals surface area contributed by atoms with Gasteiger partial charge in [-0.25, -0.2) is 5.10 Å². The summed E-state index contributed by atoms with van der Waals surface area (Å²) in [6.45, 7) is 2.27. The van der Waals surface area contributed by atoms with Crippen molar-refractivity contribution in [2.75, 3.05) is 0 Å². The molecule has 0 spiro atoms. The van der Waals surface area contributed by atoms with Gasteiger partial charge in [0.05, 0.1) is 4.88 Å². The summed E-state index contributed by atoms with van der Waals surface area (Å²) in [5, 5.41) is 6.76. The maximum Gasteiger partial charge on any atom is 0.284 e. The second-order valence-electron chi connectivity index (χ2n) is 4.49. The van der Waals surface area contributed by atoms with Crippen LogP contribution in [0.15, 0.2) is 10.5 Å². The fourth-order valence-electron chi connectivity index (χ4n) is 2.39. The average Bonchev–Trinajstić information content (AvgIpc) is 2.93. The smallest absolute Gasteiger partial charge is 0.284 e. The average molecular weight is 266 g/mol. The Labute approximate surface area is 109 Å². The Bertz CT molecular complexity index is 581. The largest absolute Gasteiger partial charge is 0.408 e. The maximum atomic E-state index is 5.36. The number of hydrogen-bond donors (Lipinski definition) is 1. The normalized spacial score (nSPS) is 19.2. The quantitative estimate of drug-likeness (QED) is 0.836. The van der Waals surface area contributed by atoms with Crippen molar-refractivity contribution < 1.29 is 4.42 Å². The van der Waals surface area contributed by atoms with Crippen molar-refractivity contribution in [2.24, 2.45) is 5.92 Å². The van der Waals surface area contributed by atoms with Gasteiger partial charge in [-0.15, -0.1) is 16.4 Å². The standard InChI is InChI=1S/C12H14N2OS2/c1-2-7-3-4-9-8(5-7)6-10(17-9)11-13-14-12(16)15-11/h6-7H,2-5H2,1H3,(H,14,16)/t7-/m0/s1. The monoisotopic (exact) mass is 266 g/mol. The lowest BCUT2D eigenvalue weighted by Gasteiger charge is -2.19. The number of hydrogen-bond acceptors (Lipinski definition) is 4. The first-order chi connectivity index (χ1) is 8.26. The Morgan fingerprint density at radius 2 is 2.53 bits per heavy atom. The minimum Gasteiger partial charge on any atom is -0.408 e.